The number of hydrogen-bond donors (Lipinski definition) is 1. The summed E-state index contributed by atoms with van der Waals surface area (Å²) < 4.78 is 0. The highest BCUT2D eigenvalue weighted by atomic mass is 32.1. The Kier molecular flexibility index (Phi) is 4.63. The minimum absolute atomic E-state index is 0.234. The molecule has 1 unspecified atom stereocenters. The molecule has 0 bridgehead atoms. The first kappa shape index (κ1) is 13.1. The zero-order valence-electron chi connectivity index (χ0n) is 11.0. The van der Waals surface area contributed by atoms with E-state index in [-0.39, 0.29) is 6.10 Å². The van der Waals surface area contributed by atoms with Gasteiger partial charge < -0.3 is 5.11 Å². The number of rotatable bonds is 4. The average molecular weight is 252 g/mol. The lowest BCUT2D eigenvalue weighted by Crippen LogP contribution is -2.09. The van der Waals surface area contributed by atoms with E-state index in [4.69, 9.17) is 0 Å². The van der Waals surface area contributed by atoms with Gasteiger partial charge in [-0.2, -0.15) is 0 Å². The molecule has 1 heterocycles. The highest BCUT2D eigenvalue weighted by Crippen LogP contribution is 2.36. The maximum Gasteiger partial charge on any atom is 0.0910 e. The molecule has 0 aliphatic heterocycles. The van der Waals surface area contributed by atoms with Crippen molar-refractivity contribution in [3.05, 3.63) is 21.4 Å². The summed E-state index contributed by atoms with van der Waals surface area (Å²) in [6.07, 6.45) is 8.38. The van der Waals surface area contributed by atoms with E-state index in [0.717, 1.165) is 12.8 Å². The van der Waals surface area contributed by atoms with Gasteiger partial charge in [-0.15, -0.1) is 11.3 Å². The lowest BCUT2D eigenvalue weighted by molar-refractivity contribution is 0.107. The molecule has 96 valence electrons. The highest BCUT2D eigenvalue weighted by molar-refractivity contribution is 7.12. The van der Waals surface area contributed by atoms with Crippen molar-refractivity contribution in [3.63, 3.8) is 0 Å². The lowest BCUT2D eigenvalue weighted by Gasteiger charge is -2.18. The van der Waals surface area contributed by atoms with E-state index in [9.17, 15) is 5.11 Å². The molecule has 0 spiro atoms. The summed E-state index contributed by atoms with van der Waals surface area (Å²) in [6, 6.07) is 2.29. The van der Waals surface area contributed by atoms with Gasteiger partial charge in [-0.25, -0.2) is 0 Å². The number of fused-ring (bicyclic) bond motifs is 1. The highest BCUT2D eigenvalue weighted by Gasteiger charge is 2.21. The summed E-state index contributed by atoms with van der Waals surface area (Å²) in [5.41, 5.74) is 1.52. The Morgan fingerprint density at radius 3 is 2.59 bits per heavy atom. The second-order valence-corrected chi connectivity index (χ2v) is 6.35. The zero-order valence-corrected chi connectivity index (χ0v) is 11.9. The molecule has 1 aliphatic rings. The molecule has 0 fully saturated rings. The van der Waals surface area contributed by atoms with Gasteiger partial charge in [-0.05, 0) is 43.2 Å². The topological polar surface area (TPSA) is 20.2 Å². The number of aryl methyl sites for hydroxylation is 2. The van der Waals surface area contributed by atoms with Gasteiger partial charge in [0.2, 0.25) is 0 Å². The molecule has 0 amide bonds. The summed E-state index contributed by atoms with van der Waals surface area (Å²) in [4.78, 5) is 2.76. The van der Waals surface area contributed by atoms with Crippen LogP contribution in [0.1, 0.15) is 67.4 Å². The molecule has 0 radical (unpaired) electrons. The van der Waals surface area contributed by atoms with E-state index in [0.29, 0.717) is 5.92 Å². The first-order valence-corrected chi connectivity index (χ1v) is 7.87. The van der Waals surface area contributed by atoms with E-state index in [1.165, 1.54) is 42.5 Å². The Labute approximate surface area is 109 Å². The second kappa shape index (κ2) is 6.01. The quantitative estimate of drug-likeness (QED) is 0.783. The molecule has 2 rings (SSSR count). The molecule has 17 heavy (non-hydrogen) atoms. The Bertz CT molecular complexity index is 328. The van der Waals surface area contributed by atoms with Crippen LogP contribution in [-0.2, 0) is 12.8 Å². The van der Waals surface area contributed by atoms with Crippen molar-refractivity contribution in [1.29, 1.82) is 0 Å². The molecule has 1 nitrogen and oxygen atoms in total. The number of aliphatic hydroxyl groups excluding tert-OH is 1. The van der Waals surface area contributed by atoms with Crippen LogP contribution in [0.5, 0.6) is 0 Å². The van der Waals surface area contributed by atoms with Crippen molar-refractivity contribution in [2.24, 2.45) is 5.92 Å². The molecule has 1 aromatic rings. The average Bonchev–Trinajstić information content (AvgIpc) is 2.62. The predicted molar refractivity (Wildman–Crippen MR) is 74.6 cm³/mol. The monoisotopic (exact) mass is 252 g/mol. The summed E-state index contributed by atoms with van der Waals surface area (Å²) in [5, 5.41) is 10.4. The van der Waals surface area contributed by atoms with E-state index in [1.54, 1.807) is 4.88 Å². The normalized spacial score (nSPS) is 17.9. The Morgan fingerprint density at radius 1 is 1.18 bits per heavy atom. The molecule has 1 aromatic heterocycles. The Morgan fingerprint density at radius 2 is 1.88 bits per heavy atom. The van der Waals surface area contributed by atoms with Gasteiger partial charge in [0.1, 0.15) is 0 Å². The SMILES string of the molecule is CCC(CC)C(O)c1cc2c(s1)CCCCC2. The molecule has 0 saturated heterocycles. The van der Waals surface area contributed by atoms with Gasteiger partial charge >= 0.3 is 0 Å². The maximum atomic E-state index is 10.4. The van der Waals surface area contributed by atoms with Crippen LogP contribution in [0.25, 0.3) is 0 Å². The van der Waals surface area contributed by atoms with Gasteiger partial charge in [-0.3, -0.25) is 0 Å². The Balaban J connectivity index is 2.16. The number of hydrogen-bond acceptors (Lipinski definition) is 2. The molecule has 1 N–H and O–H groups in total. The van der Waals surface area contributed by atoms with E-state index >= 15 is 0 Å². The molecule has 0 aromatic carbocycles. The van der Waals surface area contributed by atoms with Crippen molar-refractivity contribution in [2.75, 3.05) is 0 Å². The van der Waals surface area contributed by atoms with Crippen LogP contribution in [-0.4, -0.2) is 5.11 Å². The maximum absolute atomic E-state index is 10.4. The molecule has 0 saturated carbocycles. The van der Waals surface area contributed by atoms with Gasteiger partial charge in [0.05, 0.1) is 6.10 Å². The van der Waals surface area contributed by atoms with Crippen molar-refractivity contribution in [1.82, 2.24) is 0 Å². The van der Waals surface area contributed by atoms with Crippen LogP contribution in [0.4, 0.5) is 0 Å². The summed E-state index contributed by atoms with van der Waals surface area (Å²) in [5.74, 6) is 0.428. The van der Waals surface area contributed by atoms with Crippen molar-refractivity contribution < 1.29 is 5.11 Å². The standard InChI is InChI=1S/C15H24OS/c1-3-11(4-2)15(16)14-10-12-8-6-5-7-9-13(12)17-14/h10-11,15-16H,3-9H2,1-2H3. The minimum Gasteiger partial charge on any atom is -0.387 e. The number of thiophene rings is 1. The fourth-order valence-corrected chi connectivity index (χ4v) is 4.14. The second-order valence-electron chi connectivity index (χ2n) is 5.18. The lowest BCUT2D eigenvalue weighted by atomic mass is 9.95. The summed E-state index contributed by atoms with van der Waals surface area (Å²) in [6.45, 7) is 4.35. The van der Waals surface area contributed by atoms with Crippen LogP contribution < -0.4 is 0 Å². The van der Waals surface area contributed by atoms with Gasteiger partial charge in [0.15, 0.2) is 0 Å². The third-order valence-electron chi connectivity index (χ3n) is 4.05. The van der Waals surface area contributed by atoms with Crippen molar-refractivity contribution in [2.45, 2.75) is 64.9 Å². The molecule has 2 heteroatoms. The molecule has 1 aliphatic carbocycles. The summed E-state index contributed by atoms with van der Waals surface area (Å²) in [7, 11) is 0. The van der Waals surface area contributed by atoms with Crippen LogP contribution in [0, 0.1) is 5.92 Å². The molecular weight excluding hydrogens is 228 g/mol. The third-order valence-corrected chi connectivity index (χ3v) is 5.36. The van der Waals surface area contributed by atoms with Crippen molar-refractivity contribution in [3.8, 4) is 0 Å². The van der Waals surface area contributed by atoms with Crippen LogP contribution >= 0.6 is 11.3 Å². The van der Waals surface area contributed by atoms with Gasteiger partial charge in [0.25, 0.3) is 0 Å². The van der Waals surface area contributed by atoms with Crippen molar-refractivity contribution >= 4 is 11.3 Å². The van der Waals surface area contributed by atoms with E-state index < -0.39 is 0 Å². The van der Waals surface area contributed by atoms with Gasteiger partial charge in [-0.1, -0.05) is 33.1 Å². The van der Waals surface area contributed by atoms with Crippen LogP contribution in [0.3, 0.4) is 0 Å². The van der Waals surface area contributed by atoms with Crippen LogP contribution in [0.2, 0.25) is 0 Å². The minimum atomic E-state index is -0.234. The largest absolute Gasteiger partial charge is 0.387 e. The zero-order chi connectivity index (χ0) is 12.3. The molecular formula is C15H24OS. The first-order chi connectivity index (χ1) is 8.26. The van der Waals surface area contributed by atoms with Crippen LogP contribution in [0.15, 0.2) is 6.07 Å². The number of aliphatic hydroxyl groups is 1. The third kappa shape index (κ3) is 2.92. The Hall–Kier alpha value is -0.340. The molecule has 1 atom stereocenters. The smallest absolute Gasteiger partial charge is 0.0910 e. The predicted octanol–water partition coefficient (Wildman–Crippen LogP) is 4.49. The van der Waals surface area contributed by atoms with Gasteiger partial charge in [0, 0.05) is 9.75 Å². The fraction of sp³-hybridized carbons (Fsp3) is 0.733. The fourth-order valence-electron chi connectivity index (χ4n) is 2.80. The first-order valence-electron chi connectivity index (χ1n) is 7.05. The van der Waals surface area contributed by atoms with E-state index in [2.05, 4.69) is 19.9 Å². The van der Waals surface area contributed by atoms with E-state index in [1.807, 2.05) is 11.3 Å². The summed E-state index contributed by atoms with van der Waals surface area (Å²) >= 11 is 1.87.